The number of hydrogen-bond donors (Lipinski definition) is 1. The Morgan fingerprint density at radius 3 is 3.00 bits per heavy atom. The molecule has 0 spiro atoms. The van der Waals surface area contributed by atoms with Crippen LogP contribution in [-0.4, -0.2) is 33.0 Å². The fourth-order valence-electron chi connectivity index (χ4n) is 1.84. The Morgan fingerprint density at radius 2 is 2.29 bits per heavy atom. The Labute approximate surface area is 128 Å². The normalized spacial score (nSPS) is 10.4. The summed E-state index contributed by atoms with van der Waals surface area (Å²) in [5, 5.41) is 11.8. The van der Waals surface area contributed by atoms with E-state index in [1.807, 2.05) is 36.7 Å². The quantitative estimate of drug-likeness (QED) is 0.656. The fraction of sp³-hybridized carbons (Fsp3) is 0.267. The number of aromatic nitrogens is 3. The van der Waals surface area contributed by atoms with Crippen molar-refractivity contribution in [3.8, 4) is 11.4 Å². The first kappa shape index (κ1) is 15.3. The molecule has 0 atom stereocenters. The van der Waals surface area contributed by atoms with Crippen molar-refractivity contribution < 1.29 is 4.79 Å². The van der Waals surface area contributed by atoms with Crippen molar-refractivity contribution in [1.82, 2.24) is 20.1 Å². The minimum atomic E-state index is -0.0417. The van der Waals surface area contributed by atoms with E-state index in [9.17, 15) is 4.79 Å². The monoisotopic (exact) mass is 302 g/mol. The van der Waals surface area contributed by atoms with Gasteiger partial charge in [-0.15, -0.1) is 16.8 Å². The van der Waals surface area contributed by atoms with Crippen molar-refractivity contribution in [2.45, 2.75) is 12.1 Å². The molecule has 0 bridgehead atoms. The van der Waals surface area contributed by atoms with Gasteiger partial charge in [-0.25, -0.2) is 0 Å². The molecular weight excluding hydrogens is 284 g/mol. The predicted molar refractivity (Wildman–Crippen MR) is 85.1 cm³/mol. The molecule has 0 saturated carbocycles. The molecule has 21 heavy (non-hydrogen) atoms. The second-order valence-electron chi connectivity index (χ2n) is 4.62. The standard InChI is InChI=1S/C15H18N4OS/c1-4-8-16-13(20)10-21-15-18-17-14(19(15)3)12-7-5-6-11(2)9-12/h4-7,9H,1,8,10H2,2-3H3,(H,16,20). The van der Waals surface area contributed by atoms with E-state index in [2.05, 4.69) is 28.2 Å². The van der Waals surface area contributed by atoms with Gasteiger partial charge in [0.15, 0.2) is 11.0 Å². The van der Waals surface area contributed by atoms with Gasteiger partial charge in [-0.3, -0.25) is 4.79 Å². The van der Waals surface area contributed by atoms with Gasteiger partial charge in [-0.05, 0) is 13.0 Å². The number of amides is 1. The van der Waals surface area contributed by atoms with E-state index in [1.165, 1.54) is 17.3 Å². The highest BCUT2D eigenvalue weighted by Crippen LogP contribution is 2.22. The zero-order valence-electron chi connectivity index (χ0n) is 12.2. The first-order chi connectivity index (χ1) is 10.1. The number of aryl methyl sites for hydroxylation is 1. The van der Waals surface area contributed by atoms with Crippen LogP contribution in [-0.2, 0) is 11.8 Å². The largest absolute Gasteiger partial charge is 0.352 e. The smallest absolute Gasteiger partial charge is 0.230 e. The fourth-order valence-corrected chi connectivity index (χ4v) is 2.58. The van der Waals surface area contributed by atoms with E-state index < -0.39 is 0 Å². The number of nitrogens with one attached hydrogen (secondary N) is 1. The lowest BCUT2D eigenvalue weighted by atomic mass is 10.1. The van der Waals surface area contributed by atoms with Crippen LogP contribution in [0.25, 0.3) is 11.4 Å². The number of thioether (sulfide) groups is 1. The van der Waals surface area contributed by atoms with Crippen LogP contribution < -0.4 is 5.32 Å². The van der Waals surface area contributed by atoms with Crippen LogP contribution in [0.15, 0.2) is 42.1 Å². The van der Waals surface area contributed by atoms with Crippen molar-refractivity contribution in [2.75, 3.05) is 12.3 Å². The number of hydrogen-bond acceptors (Lipinski definition) is 4. The summed E-state index contributed by atoms with van der Waals surface area (Å²) in [4.78, 5) is 11.6. The molecule has 1 amide bonds. The van der Waals surface area contributed by atoms with Gasteiger partial charge in [0.2, 0.25) is 5.91 Å². The third-order valence-electron chi connectivity index (χ3n) is 2.89. The van der Waals surface area contributed by atoms with E-state index in [0.717, 1.165) is 16.5 Å². The Hall–Kier alpha value is -2.08. The highest BCUT2D eigenvalue weighted by atomic mass is 32.2. The van der Waals surface area contributed by atoms with Gasteiger partial charge in [-0.2, -0.15) is 0 Å². The Bertz CT molecular complexity index is 651. The maximum atomic E-state index is 11.6. The van der Waals surface area contributed by atoms with E-state index in [0.29, 0.717) is 12.3 Å². The third kappa shape index (κ3) is 3.95. The summed E-state index contributed by atoms with van der Waals surface area (Å²) >= 11 is 1.37. The molecule has 5 nitrogen and oxygen atoms in total. The van der Waals surface area contributed by atoms with Gasteiger partial charge in [0.1, 0.15) is 0 Å². The Balaban J connectivity index is 2.07. The van der Waals surface area contributed by atoms with E-state index >= 15 is 0 Å². The van der Waals surface area contributed by atoms with Crippen molar-refractivity contribution in [2.24, 2.45) is 7.05 Å². The van der Waals surface area contributed by atoms with Crippen molar-refractivity contribution in [1.29, 1.82) is 0 Å². The van der Waals surface area contributed by atoms with E-state index in [4.69, 9.17) is 0 Å². The van der Waals surface area contributed by atoms with Crippen LogP contribution >= 0.6 is 11.8 Å². The first-order valence-electron chi connectivity index (χ1n) is 6.58. The third-order valence-corrected chi connectivity index (χ3v) is 3.91. The molecule has 110 valence electrons. The van der Waals surface area contributed by atoms with Crippen molar-refractivity contribution in [3.63, 3.8) is 0 Å². The molecule has 0 fully saturated rings. The molecular formula is C15H18N4OS. The molecule has 0 aliphatic carbocycles. The van der Waals surface area contributed by atoms with Gasteiger partial charge in [0.05, 0.1) is 5.75 Å². The number of nitrogens with zero attached hydrogens (tertiary/aromatic N) is 3. The highest BCUT2D eigenvalue weighted by Gasteiger charge is 2.12. The van der Waals surface area contributed by atoms with Crippen molar-refractivity contribution in [3.05, 3.63) is 42.5 Å². The van der Waals surface area contributed by atoms with Crippen molar-refractivity contribution >= 4 is 17.7 Å². The number of benzene rings is 1. The molecule has 0 aliphatic heterocycles. The summed E-state index contributed by atoms with van der Waals surface area (Å²) in [5.74, 6) is 1.07. The minimum Gasteiger partial charge on any atom is -0.352 e. The molecule has 2 aromatic rings. The Kier molecular flexibility index (Phi) is 5.16. The maximum Gasteiger partial charge on any atom is 0.230 e. The second kappa shape index (κ2) is 7.08. The average Bonchev–Trinajstić information content (AvgIpc) is 2.84. The van der Waals surface area contributed by atoms with Crippen LogP contribution in [0.1, 0.15) is 5.56 Å². The van der Waals surface area contributed by atoms with Crippen LogP contribution in [0.4, 0.5) is 0 Å². The van der Waals surface area contributed by atoms with Gasteiger partial charge in [-0.1, -0.05) is 41.6 Å². The lowest BCUT2D eigenvalue weighted by molar-refractivity contribution is -0.118. The summed E-state index contributed by atoms with van der Waals surface area (Å²) in [6.07, 6.45) is 1.65. The van der Waals surface area contributed by atoms with Crippen LogP contribution in [0.5, 0.6) is 0 Å². The summed E-state index contributed by atoms with van der Waals surface area (Å²) in [6, 6.07) is 8.10. The lowest BCUT2D eigenvalue weighted by Gasteiger charge is -2.05. The highest BCUT2D eigenvalue weighted by molar-refractivity contribution is 7.99. The molecule has 0 aliphatic rings. The molecule has 1 aromatic heterocycles. The lowest BCUT2D eigenvalue weighted by Crippen LogP contribution is -2.25. The molecule has 1 N–H and O–H groups in total. The second-order valence-corrected chi connectivity index (χ2v) is 5.56. The van der Waals surface area contributed by atoms with Gasteiger partial charge < -0.3 is 9.88 Å². The predicted octanol–water partition coefficient (Wildman–Crippen LogP) is 2.18. The van der Waals surface area contributed by atoms with Gasteiger partial charge in [0.25, 0.3) is 0 Å². The molecule has 0 radical (unpaired) electrons. The first-order valence-corrected chi connectivity index (χ1v) is 7.57. The summed E-state index contributed by atoms with van der Waals surface area (Å²) < 4.78 is 1.90. The molecule has 0 saturated heterocycles. The van der Waals surface area contributed by atoms with Gasteiger partial charge >= 0.3 is 0 Å². The molecule has 1 aromatic carbocycles. The summed E-state index contributed by atoms with van der Waals surface area (Å²) in [7, 11) is 1.90. The summed E-state index contributed by atoms with van der Waals surface area (Å²) in [6.45, 7) is 6.08. The topological polar surface area (TPSA) is 59.8 Å². The molecule has 6 heteroatoms. The molecule has 0 unspecified atom stereocenters. The minimum absolute atomic E-state index is 0.0417. The number of rotatable bonds is 6. The van der Waals surface area contributed by atoms with E-state index in [1.54, 1.807) is 6.08 Å². The van der Waals surface area contributed by atoms with Crippen LogP contribution in [0.3, 0.4) is 0 Å². The van der Waals surface area contributed by atoms with Crippen LogP contribution in [0.2, 0.25) is 0 Å². The van der Waals surface area contributed by atoms with Crippen LogP contribution in [0, 0.1) is 6.92 Å². The number of carbonyl (C=O) groups excluding carboxylic acids is 1. The maximum absolute atomic E-state index is 11.6. The molecule has 1 heterocycles. The zero-order valence-corrected chi connectivity index (χ0v) is 13.0. The SMILES string of the molecule is C=CCNC(=O)CSc1nnc(-c2cccc(C)c2)n1C. The Morgan fingerprint density at radius 1 is 1.48 bits per heavy atom. The van der Waals surface area contributed by atoms with Gasteiger partial charge in [0, 0.05) is 19.2 Å². The van der Waals surface area contributed by atoms with E-state index in [-0.39, 0.29) is 5.91 Å². The average molecular weight is 302 g/mol. The molecule has 2 rings (SSSR count). The number of carbonyl (C=O) groups is 1. The summed E-state index contributed by atoms with van der Waals surface area (Å²) in [5.41, 5.74) is 2.20. The zero-order chi connectivity index (χ0) is 15.2.